The van der Waals surface area contributed by atoms with Crippen molar-refractivity contribution in [3.05, 3.63) is 75.4 Å². The van der Waals surface area contributed by atoms with Gasteiger partial charge < -0.3 is 4.90 Å². The van der Waals surface area contributed by atoms with Gasteiger partial charge in [-0.1, -0.05) is 36.6 Å². The molecular weight excluding hydrogens is 440 g/mol. The number of carbonyl (C=O) groups is 1. The zero-order valence-electron chi connectivity index (χ0n) is 18.2. The summed E-state index contributed by atoms with van der Waals surface area (Å²) in [4.78, 5) is 33.6. The van der Waals surface area contributed by atoms with Crippen molar-refractivity contribution in [3.8, 4) is 0 Å². The molecule has 0 bridgehead atoms. The van der Waals surface area contributed by atoms with Gasteiger partial charge in [0.05, 0.1) is 16.5 Å². The molecule has 5 rings (SSSR count). The monoisotopic (exact) mass is 464 g/mol. The first-order chi connectivity index (χ1) is 16.0. The molecule has 2 aliphatic rings. The molecule has 1 saturated heterocycles. The number of para-hydroxylation sites is 1. The van der Waals surface area contributed by atoms with E-state index in [2.05, 4.69) is 9.88 Å². The van der Waals surface area contributed by atoms with Gasteiger partial charge in [-0.2, -0.15) is 0 Å². The van der Waals surface area contributed by atoms with E-state index in [4.69, 9.17) is 11.6 Å². The van der Waals surface area contributed by atoms with Crippen molar-refractivity contribution in [2.45, 2.75) is 44.2 Å². The van der Waals surface area contributed by atoms with E-state index in [1.54, 1.807) is 30.3 Å². The van der Waals surface area contributed by atoms with Crippen molar-refractivity contribution in [1.29, 1.82) is 0 Å². The average molecular weight is 465 g/mol. The molecule has 1 unspecified atom stereocenters. The fourth-order valence-electron chi connectivity index (χ4n) is 5.30. The van der Waals surface area contributed by atoms with Crippen LogP contribution >= 0.6 is 11.6 Å². The molecule has 1 amide bonds. The minimum Gasteiger partial charge on any atom is -0.304 e. The lowest BCUT2D eigenvalue weighted by molar-refractivity contribution is -0.383. The largest absolute Gasteiger partial charge is 0.304 e. The van der Waals surface area contributed by atoms with Crippen LogP contribution in [-0.2, 0) is 0 Å². The molecule has 33 heavy (non-hydrogen) atoms. The molecule has 1 atom stereocenters. The number of rotatable bonds is 5. The number of nitro benzene ring substituents is 1. The summed E-state index contributed by atoms with van der Waals surface area (Å²) >= 11 is 6.12. The van der Waals surface area contributed by atoms with Crippen LogP contribution in [0.5, 0.6) is 0 Å². The molecule has 2 aromatic carbocycles. The molecule has 0 N–H and O–H groups in total. The molecule has 0 spiro atoms. The van der Waals surface area contributed by atoms with E-state index in [1.165, 1.54) is 37.9 Å². The van der Waals surface area contributed by atoms with Crippen molar-refractivity contribution in [1.82, 2.24) is 9.88 Å². The maximum absolute atomic E-state index is 14.0. The van der Waals surface area contributed by atoms with Crippen molar-refractivity contribution in [2.24, 2.45) is 0 Å². The number of pyridine rings is 1. The van der Waals surface area contributed by atoms with Crippen LogP contribution in [0.3, 0.4) is 0 Å². The lowest BCUT2D eigenvalue weighted by atomic mass is 10.0. The predicted molar refractivity (Wildman–Crippen MR) is 129 cm³/mol. The number of halogens is 1. The Hall–Kier alpha value is -3.03. The second-order valence-electron chi connectivity index (χ2n) is 8.82. The number of anilines is 1. The van der Waals surface area contributed by atoms with Crippen LogP contribution in [0.25, 0.3) is 10.9 Å². The van der Waals surface area contributed by atoms with Gasteiger partial charge in [0.2, 0.25) is 0 Å². The minimum absolute atomic E-state index is 0.0150. The van der Waals surface area contributed by atoms with E-state index in [1.807, 2.05) is 17.0 Å². The first-order valence-electron chi connectivity index (χ1n) is 11.4. The molecule has 3 aromatic rings. The third-order valence-corrected chi connectivity index (χ3v) is 7.15. The molecular formula is C25H25ClN4O3. The second kappa shape index (κ2) is 9.08. The maximum Gasteiger partial charge on any atom is 0.295 e. The number of amides is 1. The highest BCUT2D eigenvalue weighted by Gasteiger charge is 2.36. The Morgan fingerprint density at radius 1 is 1.09 bits per heavy atom. The molecule has 8 heteroatoms. The third kappa shape index (κ3) is 4.18. The molecule has 2 fully saturated rings. The van der Waals surface area contributed by atoms with E-state index >= 15 is 0 Å². The molecule has 2 heterocycles. The van der Waals surface area contributed by atoms with Crippen LogP contribution < -0.4 is 4.90 Å². The number of fused-ring (bicyclic) bond motifs is 1. The fraction of sp³-hybridized carbons (Fsp3) is 0.360. The van der Waals surface area contributed by atoms with Crippen LogP contribution in [0.1, 0.15) is 42.5 Å². The Morgan fingerprint density at radius 3 is 2.58 bits per heavy atom. The van der Waals surface area contributed by atoms with E-state index < -0.39 is 4.92 Å². The molecule has 0 radical (unpaired) electrons. The number of benzene rings is 2. The third-order valence-electron chi connectivity index (χ3n) is 6.90. The van der Waals surface area contributed by atoms with Gasteiger partial charge in [-0.3, -0.25) is 19.8 Å². The molecule has 170 valence electrons. The van der Waals surface area contributed by atoms with Gasteiger partial charge in [0, 0.05) is 47.5 Å². The number of nitrogens with zero attached hydrogens (tertiary/aromatic N) is 4. The normalized spacial score (nSPS) is 19.2. The van der Waals surface area contributed by atoms with Crippen LogP contribution in [0, 0.1) is 10.1 Å². The highest BCUT2D eigenvalue weighted by atomic mass is 35.5. The van der Waals surface area contributed by atoms with Gasteiger partial charge in [-0.05, 0) is 49.6 Å². The highest BCUT2D eigenvalue weighted by Crippen LogP contribution is 2.33. The van der Waals surface area contributed by atoms with Gasteiger partial charge in [-0.25, -0.2) is 4.98 Å². The van der Waals surface area contributed by atoms with Crippen LogP contribution in [0.4, 0.5) is 11.4 Å². The van der Waals surface area contributed by atoms with Gasteiger partial charge in [0.25, 0.3) is 11.6 Å². The van der Waals surface area contributed by atoms with Gasteiger partial charge in [0.15, 0.2) is 0 Å². The van der Waals surface area contributed by atoms with E-state index in [9.17, 15) is 14.9 Å². The van der Waals surface area contributed by atoms with Crippen LogP contribution in [0.2, 0.25) is 5.02 Å². The summed E-state index contributed by atoms with van der Waals surface area (Å²) < 4.78 is 0. The zero-order valence-corrected chi connectivity index (χ0v) is 18.9. The van der Waals surface area contributed by atoms with Crippen molar-refractivity contribution < 1.29 is 9.72 Å². The first-order valence-corrected chi connectivity index (χ1v) is 11.8. The van der Waals surface area contributed by atoms with E-state index in [0.717, 1.165) is 25.2 Å². The molecule has 1 aliphatic carbocycles. The summed E-state index contributed by atoms with van der Waals surface area (Å²) in [5.74, 6) is -0.177. The SMILES string of the molecule is O=C(c1ccnc2c([N+](=O)[O-])cccc12)N(c1ccc(Cl)cc1)C1CCN(C2CCCC2)C1. The number of likely N-dealkylation sites (tertiary alicyclic amines) is 1. The van der Waals surface area contributed by atoms with Crippen molar-refractivity contribution >= 4 is 39.8 Å². The topological polar surface area (TPSA) is 79.6 Å². The Bertz CT molecular complexity index is 1190. The van der Waals surface area contributed by atoms with Gasteiger partial charge in [-0.15, -0.1) is 0 Å². The molecule has 1 aliphatic heterocycles. The highest BCUT2D eigenvalue weighted by molar-refractivity contribution is 6.30. The Morgan fingerprint density at radius 2 is 1.85 bits per heavy atom. The van der Waals surface area contributed by atoms with Crippen LogP contribution in [-0.4, -0.2) is 45.9 Å². The van der Waals surface area contributed by atoms with E-state index in [0.29, 0.717) is 22.0 Å². The fourth-order valence-corrected chi connectivity index (χ4v) is 5.43. The standard InChI is InChI=1S/C25H25ClN4O3/c26-17-8-10-19(11-9-17)29(20-13-15-28(16-20)18-4-1-2-5-18)25(31)22-12-14-27-24-21(22)6-3-7-23(24)30(32)33/h3,6-12,14,18,20H,1-2,4-5,13,15-16H2. The maximum atomic E-state index is 14.0. The summed E-state index contributed by atoms with van der Waals surface area (Å²) in [6, 6.07) is 14.3. The molecule has 1 aromatic heterocycles. The number of nitro groups is 1. The second-order valence-corrected chi connectivity index (χ2v) is 9.25. The zero-order chi connectivity index (χ0) is 22.9. The summed E-state index contributed by atoms with van der Waals surface area (Å²) in [5, 5.41) is 12.6. The first kappa shape index (κ1) is 21.8. The Balaban J connectivity index is 1.54. The van der Waals surface area contributed by atoms with Crippen molar-refractivity contribution in [3.63, 3.8) is 0 Å². The van der Waals surface area contributed by atoms with Crippen LogP contribution in [0.15, 0.2) is 54.7 Å². The number of non-ortho nitro benzene ring substituents is 1. The number of carbonyl (C=O) groups excluding carboxylic acids is 1. The average Bonchev–Trinajstić information content (AvgIpc) is 3.52. The van der Waals surface area contributed by atoms with Crippen molar-refractivity contribution in [2.75, 3.05) is 18.0 Å². The molecule has 1 saturated carbocycles. The lowest BCUT2D eigenvalue weighted by Gasteiger charge is -2.31. The molecule has 7 nitrogen and oxygen atoms in total. The number of aromatic nitrogens is 1. The van der Waals surface area contributed by atoms with E-state index in [-0.39, 0.29) is 23.2 Å². The summed E-state index contributed by atoms with van der Waals surface area (Å²) in [6.07, 6.45) is 7.34. The summed E-state index contributed by atoms with van der Waals surface area (Å²) in [5.41, 5.74) is 1.31. The summed E-state index contributed by atoms with van der Waals surface area (Å²) in [6.45, 7) is 1.79. The minimum atomic E-state index is -0.461. The summed E-state index contributed by atoms with van der Waals surface area (Å²) in [7, 11) is 0. The van der Waals surface area contributed by atoms with Gasteiger partial charge >= 0.3 is 0 Å². The predicted octanol–water partition coefficient (Wildman–Crippen LogP) is 5.46. The number of hydrogen-bond acceptors (Lipinski definition) is 5. The number of hydrogen-bond donors (Lipinski definition) is 0. The Labute approximate surface area is 197 Å². The lowest BCUT2D eigenvalue weighted by Crippen LogP contribution is -2.43. The smallest absolute Gasteiger partial charge is 0.295 e. The quantitative estimate of drug-likeness (QED) is 0.370. The van der Waals surface area contributed by atoms with Gasteiger partial charge in [0.1, 0.15) is 5.52 Å². The Kier molecular flexibility index (Phi) is 6.00.